The third kappa shape index (κ3) is 2.29. The number of nitrogens with zero attached hydrogens (tertiary/aromatic N) is 2. The average Bonchev–Trinajstić information content (AvgIpc) is 2.89. The highest BCUT2D eigenvalue weighted by Gasteiger charge is 2.23. The largest absolute Gasteiger partial charge is 0.387 e. The molecule has 1 N–H and O–H groups in total. The summed E-state index contributed by atoms with van der Waals surface area (Å²) in [5.41, 5.74) is 0.819. The third-order valence-corrected chi connectivity index (χ3v) is 5.18. The zero-order valence-corrected chi connectivity index (χ0v) is 11.8. The van der Waals surface area contributed by atoms with E-state index in [9.17, 15) is 5.11 Å². The summed E-state index contributed by atoms with van der Waals surface area (Å²) < 4.78 is 2.61. The predicted molar refractivity (Wildman–Crippen MR) is 74.2 cm³/mol. The lowest BCUT2D eigenvalue weighted by molar-refractivity contribution is 0.127. The molecule has 0 amide bonds. The van der Waals surface area contributed by atoms with E-state index in [2.05, 4.69) is 4.98 Å². The summed E-state index contributed by atoms with van der Waals surface area (Å²) in [6.45, 7) is 0. The van der Waals surface area contributed by atoms with Gasteiger partial charge >= 0.3 is 0 Å². The second kappa shape index (κ2) is 5.19. The van der Waals surface area contributed by atoms with Crippen molar-refractivity contribution in [2.24, 2.45) is 5.92 Å². The highest BCUT2D eigenvalue weighted by atomic mass is 35.5. The van der Waals surface area contributed by atoms with E-state index in [1.807, 2.05) is 4.40 Å². The first-order valence-corrected chi connectivity index (χ1v) is 7.73. The maximum atomic E-state index is 10.4. The lowest BCUT2D eigenvalue weighted by Gasteiger charge is -2.23. The number of fused-ring (bicyclic) bond motifs is 1. The number of thiazole rings is 1. The van der Waals surface area contributed by atoms with Crippen molar-refractivity contribution in [3.63, 3.8) is 0 Å². The zero-order chi connectivity index (χ0) is 12.5. The molecule has 98 valence electrons. The fourth-order valence-corrected chi connectivity index (χ4v) is 4.25. The molecule has 1 atom stereocenters. The molecule has 1 unspecified atom stereocenters. The van der Waals surface area contributed by atoms with Gasteiger partial charge < -0.3 is 5.11 Å². The molecule has 0 bridgehead atoms. The number of halogens is 1. The van der Waals surface area contributed by atoms with Gasteiger partial charge in [-0.05, 0) is 12.3 Å². The minimum Gasteiger partial charge on any atom is -0.387 e. The summed E-state index contributed by atoms with van der Waals surface area (Å²) in [6.07, 6.45) is 10.3. The van der Waals surface area contributed by atoms with Crippen molar-refractivity contribution >= 4 is 27.8 Å². The minimum atomic E-state index is -0.469. The van der Waals surface area contributed by atoms with Gasteiger partial charge in [-0.2, -0.15) is 0 Å². The molecule has 0 radical (unpaired) electrons. The maximum Gasteiger partial charge on any atom is 0.121 e. The van der Waals surface area contributed by atoms with Crippen LogP contribution in [0.4, 0.5) is 0 Å². The van der Waals surface area contributed by atoms with Gasteiger partial charge in [0.2, 0.25) is 0 Å². The fourth-order valence-electron chi connectivity index (χ4n) is 2.92. The predicted octanol–water partition coefficient (Wildman–Crippen LogP) is 4.05. The van der Waals surface area contributed by atoms with Crippen LogP contribution < -0.4 is 0 Å². The van der Waals surface area contributed by atoms with E-state index in [4.69, 9.17) is 11.6 Å². The molecule has 0 aromatic carbocycles. The SMILES string of the molecule is OC(CC1CCCCC1)c1c(Cl)sc2cncn12. The minimum absolute atomic E-state index is 0.469. The number of aromatic nitrogens is 2. The number of imidazole rings is 1. The number of aliphatic hydroxyl groups is 1. The second-order valence-electron chi connectivity index (χ2n) is 5.12. The van der Waals surface area contributed by atoms with Gasteiger partial charge in [-0.3, -0.25) is 4.40 Å². The smallest absolute Gasteiger partial charge is 0.121 e. The van der Waals surface area contributed by atoms with Gasteiger partial charge in [0.25, 0.3) is 0 Å². The van der Waals surface area contributed by atoms with Gasteiger partial charge in [-0.15, -0.1) is 11.3 Å². The van der Waals surface area contributed by atoms with Crippen LogP contribution in [-0.2, 0) is 0 Å². The third-order valence-electron chi connectivity index (χ3n) is 3.86. The molecule has 3 nitrogen and oxygen atoms in total. The number of rotatable bonds is 3. The Morgan fingerprint density at radius 1 is 1.44 bits per heavy atom. The quantitative estimate of drug-likeness (QED) is 0.923. The molecule has 1 saturated carbocycles. The molecule has 1 aliphatic rings. The highest BCUT2D eigenvalue weighted by molar-refractivity contribution is 7.21. The molecule has 2 aromatic rings. The summed E-state index contributed by atoms with van der Waals surface area (Å²) >= 11 is 7.71. The molecule has 18 heavy (non-hydrogen) atoms. The van der Waals surface area contributed by atoms with Gasteiger partial charge in [0.1, 0.15) is 15.5 Å². The van der Waals surface area contributed by atoms with Crippen LogP contribution in [0.15, 0.2) is 12.5 Å². The van der Waals surface area contributed by atoms with Gasteiger partial charge in [0.15, 0.2) is 0 Å². The first kappa shape index (κ1) is 12.5. The summed E-state index contributed by atoms with van der Waals surface area (Å²) in [5, 5.41) is 10.4. The van der Waals surface area contributed by atoms with Crippen molar-refractivity contribution < 1.29 is 5.11 Å². The monoisotopic (exact) mass is 284 g/mol. The fraction of sp³-hybridized carbons (Fsp3) is 0.615. The lowest BCUT2D eigenvalue weighted by atomic mass is 9.85. The van der Waals surface area contributed by atoms with E-state index in [1.54, 1.807) is 12.5 Å². The van der Waals surface area contributed by atoms with Crippen LogP contribution in [0.1, 0.15) is 50.3 Å². The molecular formula is C13H17ClN2OS. The first-order valence-electron chi connectivity index (χ1n) is 6.54. The van der Waals surface area contributed by atoms with Crippen molar-refractivity contribution in [2.45, 2.75) is 44.6 Å². The highest BCUT2D eigenvalue weighted by Crippen LogP contribution is 2.37. The van der Waals surface area contributed by atoms with E-state index < -0.39 is 6.10 Å². The van der Waals surface area contributed by atoms with E-state index in [0.29, 0.717) is 10.3 Å². The summed E-state index contributed by atoms with van der Waals surface area (Å²) in [5.74, 6) is 0.642. The topological polar surface area (TPSA) is 37.5 Å². The molecule has 3 rings (SSSR count). The van der Waals surface area contributed by atoms with Crippen LogP contribution in [0.2, 0.25) is 4.34 Å². The molecular weight excluding hydrogens is 268 g/mol. The van der Waals surface area contributed by atoms with Crippen molar-refractivity contribution in [1.29, 1.82) is 0 Å². The maximum absolute atomic E-state index is 10.4. The molecule has 5 heteroatoms. The van der Waals surface area contributed by atoms with Crippen LogP contribution in [0, 0.1) is 5.92 Å². The molecule has 2 aromatic heterocycles. The van der Waals surface area contributed by atoms with E-state index in [-0.39, 0.29) is 0 Å². The lowest BCUT2D eigenvalue weighted by Crippen LogP contribution is -2.12. The normalized spacial score (nSPS) is 19.4. The Balaban J connectivity index is 1.80. The van der Waals surface area contributed by atoms with Crippen molar-refractivity contribution in [3.05, 3.63) is 22.6 Å². The van der Waals surface area contributed by atoms with Crippen LogP contribution in [0.5, 0.6) is 0 Å². The van der Waals surface area contributed by atoms with Crippen molar-refractivity contribution in [3.8, 4) is 0 Å². The molecule has 2 heterocycles. The Kier molecular flexibility index (Phi) is 3.59. The molecule has 1 aliphatic carbocycles. The van der Waals surface area contributed by atoms with Crippen LogP contribution >= 0.6 is 22.9 Å². The Hall–Kier alpha value is -0.580. The first-order chi connectivity index (χ1) is 8.75. The second-order valence-corrected chi connectivity index (χ2v) is 6.75. The van der Waals surface area contributed by atoms with Gasteiger partial charge in [0, 0.05) is 0 Å². The standard InChI is InChI=1S/C13H17ClN2OS/c14-13-12(16-8-15-7-11(16)18-13)10(17)6-9-4-2-1-3-5-9/h7-10,17H,1-6H2. The average molecular weight is 285 g/mol. The summed E-state index contributed by atoms with van der Waals surface area (Å²) in [7, 11) is 0. The van der Waals surface area contributed by atoms with Gasteiger partial charge in [-0.1, -0.05) is 43.7 Å². The van der Waals surface area contributed by atoms with Gasteiger partial charge in [-0.25, -0.2) is 4.98 Å². The van der Waals surface area contributed by atoms with Crippen molar-refractivity contribution in [1.82, 2.24) is 9.38 Å². The summed E-state index contributed by atoms with van der Waals surface area (Å²) in [6, 6.07) is 0. The van der Waals surface area contributed by atoms with Crippen molar-refractivity contribution in [2.75, 3.05) is 0 Å². The number of hydrogen-bond donors (Lipinski definition) is 1. The molecule has 0 saturated heterocycles. The van der Waals surface area contributed by atoms with Crippen LogP contribution in [0.3, 0.4) is 0 Å². The van der Waals surface area contributed by atoms with E-state index in [0.717, 1.165) is 16.9 Å². The molecule has 0 spiro atoms. The Morgan fingerprint density at radius 2 is 2.22 bits per heavy atom. The van der Waals surface area contributed by atoms with Gasteiger partial charge in [0.05, 0.1) is 18.0 Å². The number of aliphatic hydroxyl groups excluding tert-OH is 1. The van der Waals surface area contributed by atoms with E-state index in [1.165, 1.54) is 43.4 Å². The Bertz CT molecular complexity index is 530. The number of hydrogen-bond acceptors (Lipinski definition) is 3. The molecule has 1 fully saturated rings. The van der Waals surface area contributed by atoms with Crippen LogP contribution in [-0.4, -0.2) is 14.5 Å². The summed E-state index contributed by atoms with van der Waals surface area (Å²) in [4.78, 5) is 5.09. The Labute approximate surface area is 115 Å². The Morgan fingerprint density at radius 3 is 3.00 bits per heavy atom. The van der Waals surface area contributed by atoms with E-state index >= 15 is 0 Å². The molecule has 0 aliphatic heterocycles. The zero-order valence-electron chi connectivity index (χ0n) is 10.2. The van der Waals surface area contributed by atoms with Crippen LogP contribution in [0.25, 0.3) is 4.83 Å².